The first-order chi connectivity index (χ1) is 7.54. The second-order valence-corrected chi connectivity index (χ2v) is 3.55. The van der Waals surface area contributed by atoms with Crippen molar-refractivity contribution in [2.45, 2.75) is 13.3 Å². The molecule has 1 rings (SSSR count). The maximum absolute atomic E-state index is 12.4. The molecule has 16 heavy (non-hydrogen) atoms. The van der Waals surface area contributed by atoms with Crippen LogP contribution >= 0.6 is 0 Å². The number of rotatable bonds is 4. The van der Waals surface area contributed by atoms with E-state index in [9.17, 15) is 13.6 Å². The quantitative estimate of drug-likeness (QED) is 0.829. The van der Waals surface area contributed by atoms with Crippen LogP contribution in [0, 0.1) is 5.92 Å². The smallest absolute Gasteiger partial charge is 0.263 e. The van der Waals surface area contributed by atoms with Crippen LogP contribution < -0.4 is 11.1 Å². The monoisotopic (exact) mass is 228 g/mol. The minimum Gasteiger partial charge on any atom is -0.330 e. The van der Waals surface area contributed by atoms with Crippen LogP contribution in [-0.2, 0) is 4.79 Å². The predicted molar refractivity (Wildman–Crippen MR) is 58.2 cm³/mol. The van der Waals surface area contributed by atoms with E-state index in [0.717, 1.165) is 0 Å². The number of carbonyl (C=O) groups excluding carboxylic acids is 1. The predicted octanol–water partition coefficient (Wildman–Crippen LogP) is 2.16. The number of nitrogens with two attached hydrogens (primary N) is 1. The number of alkyl halides is 2. The minimum atomic E-state index is -2.54. The highest BCUT2D eigenvalue weighted by molar-refractivity contribution is 5.92. The van der Waals surface area contributed by atoms with E-state index < -0.39 is 6.43 Å². The molecule has 0 heterocycles. The van der Waals surface area contributed by atoms with Gasteiger partial charge in [0.05, 0.1) is 0 Å². The molecule has 0 radical (unpaired) electrons. The van der Waals surface area contributed by atoms with E-state index in [2.05, 4.69) is 5.32 Å². The number of halogens is 2. The van der Waals surface area contributed by atoms with Crippen molar-refractivity contribution in [1.29, 1.82) is 0 Å². The van der Waals surface area contributed by atoms with Crippen molar-refractivity contribution in [2.24, 2.45) is 11.7 Å². The Morgan fingerprint density at radius 1 is 1.50 bits per heavy atom. The lowest BCUT2D eigenvalue weighted by molar-refractivity contribution is -0.119. The molecule has 0 bridgehead atoms. The summed E-state index contributed by atoms with van der Waals surface area (Å²) in [5, 5.41) is 2.54. The van der Waals surface area contributed by atoms with Crippen LogP contribution in [-0.4, -0.2) is 12.5 Å². The van der Waals surface area contributed by atoms with Gasteiger partial charge in [-0.1, -0.05) is 19.1 Å². The summed E-state index contributed by atoms with van der Waals surface area (Å²) < 4.78 is 24.8. The molecule has 3 nitrogen and oxygen atoms in total. The van der Waals surface area contributed by atoms with Gasteiger partial charge in [0.2, 0.25) is 5.91 Å². The molecule has 88 valence electrons. The highest BCUT2D eigenvalue weighted by Crippen LogP contribution is 2.21. The van der Waals surface area contributed by atoms with Crippen LogP contribution in [0.5, 0.6) is 0 Å². The maximum atomic E-state index is 12.4. The van der Waals surface area contributed by atoms with Crippen molar-refractivity contribution in [1.82, 2.24) is 0 Å². The Morgan fingerprint density at radius 3 is 2.75 bits per heavy atom. The third-order valence-corrected chi connectivity index (χ3v) is 2.21. The number of benzene rings is 1. The van der Waals surface area contributed by atoms with Gasteiger partial charge >= 0.3 is 0 Å². The second kappa shape index (κ2) is 5.55. The molecule has 0 saturated carbocycles. The zero-order valence-corrected chi connectivity index (χ0v) is 8.91. The fourth-order valence-corrected chi connectivity index (χ4v) is 1.12. The fourth-order valence-electron chi connectivity index (χ4n) is 1.12. The van der Waals surface area contributed by atoms with Crippen molar-refractivity contribution in [3.8, 4) is 0 Å². The van der Waals surface area contributed by atoms with E-state index in [-0.39, 0.29) is 23.9 Å². The van der Waals surface area contributed by atoms with Crippen LogP contribution in [0.4, 0.5) is 14.5 Å². The summed E-state index contributed by atoms with van der Waals surface area (Å²) in [6, 6.07) is 5.61. The lowest BCUT2D eigenvalue weighted by Crippen LogP contribution is -2.26. The van der Waals surface area contributed by atoms with Crippen molar-refractivity contribution in [2.75, 3.05) is 11.9 Å². The largest absolute Gasteiger partial charge is 0.330 e. The molecule has 1 amide bonds. The van der Waals surface area contributed by atoms with Crippen LogP contribution in [0.2, 0.25) is 0 Å². The molecule has 1 aromatic carbocycles. The fraction of sp³-hybridized carbons (Fsp3) is 0.364. The number of anilines is 1. The van der Waals surface area contributed by atoms with Gasteiger partial charge in [0.25, 0.3) is 6.43 Å². The van der Waals surface area contributed by atoms with Gasteiger partial charge in [-0.25, -0.2) is 8.78 Å². The van der Waals surface area contributed by atoms with Crippen LogP contribution in [0.1, 0.15) is 18.9 Å². The van der Waals surface area contributed by atoms with Gasteiger partial charge in [-0.15, -0.1) is 0 Å². The maximum Gasteiger partial charge on any atom is 0.263 e. The molecule has 0 aliphatic rings. The molecule has 0 saturated heterocycles. The Bertz CT molecular complexity index is 369. The van der Waals surface area contributed by atoms with Gasteiger partial charge in [0.1, 0.15) is 0 Å². The normalized spacial score (nSPS) is 12.6. The first kappa shape index (κ1) is 12.6. The van der Waals surface area contributed by atoms with E-state index in [1.807, 2.05) is 0 Å². The van der Waals surface area contributed by atoms with Gasteiger partial charge in [-0.05, 0) is 12.1 Å². The number of amides is 1. The molecule has 1 atom stereocenters. The van der Waals surface area contributed by atoms with E-state index in [0.29, 0.717) is 5.69 Å². The topological polar surface area (TPSA) is 55.1 Å². The van der Waals surface area contributed by atoms with Crippen LogP contribution in [0.15, 0.2) is 24.3 Å². The van der Waals surface area contributed by atoms with E-state index in [1.54, 1.807) is 13.0 Å². The molecule has 3 N–H and O–H groups in total. The molecular formula is C11H14F2N2O. The number of carbonyl (C=O) groups is 1. The van der Waals surface area contributed by atoms with Crippen molar-refractivity contribution < 1.29 is 13.6 Å². The first-order valence-electron chi connectivity index (χ1n) is 4.93. The number of hydrogen-bond donors (Lipinski definition) is 2. The first-order valence-corrected chi connectivity index (χ1v) is 4.93. The zero-order valence-electron chi connectivity index (χ0n) is 8.91. The van der Waals surface area contributed by atoms with Gasteiger partial charge in [-0.3, -0.25) is 4.79 Å². The molecule has 0 spiro atoms. The van der Waals surface area contributed by atoms with E-state index in [4.69, 9.17) is 5.73 Å². The van der Waals surface area contributed by atoms with Gasteiger partial charge in [-0.2, -0.15) is 0 Å². The highest BCUT2D eigenvalue weighted by Gasteiger charge is 2.12. The molecule has 0 aromatic heterocycles. The Hall–Kier alpha value is -1.49. The molecule has 0 aliphatic heterocycles. The lowest BCUT2D eigenvalue weighted by Gasteiger charge is -2.10. The summed E-state index contributed by atoms with van der Waals surface area (Å²) in [5.74, 6) is -0.607. The minimum absolute atomic E-state index is 0.113. The summed E-state index contributed by atoms with van der Waals surface area (Å²) in [6.45, 7) is 1.90. The average Bonchev–Trinajstić information content (AvgIpc) is 2.28. The third-order valence-electron chi connectivity index (χ3n) is 2.21. The molecule has 5 heteroatoms. The van der Waals surface area contributed by atoms with Crippen molar-refractivity contribution in [3.05, 3.63) is 29.8 Å². The third kappa shape index (κ3) is 3.27. The Labute approximate surface area is 92.6 Å². The molecule has 0 aliphatic carbocycles. The summed E-state index contributed by atoms with van der Waals surface area (Å²) in [7, 11) is 0. The summed E-state index contributed by atoms with van der Waals surface area (Å²) in [4.78, 5) is 11.4. The Morgan fingerprint density at radius 2 is 2.19 bits per heavy atom. The standard InChI is InChI=1S/C11H14F2N2O/c1-7(6-14)11(16)15-9-4-2-3-8(5-9)10(12)13/h2-5,7,10H,6,14H2,1H3,(H,15,16). The number of hydrogen-bond acceptors (Lipinski definition) is 2. The zero-order chi connectivity index (χ0) is 12.1. The van der Waals surface area contributed by atoms with Crippen molar-refractivity contribution >= 4 is 11.6 Å². The summed E-state index contributed by atoms with van der Waals surface area (Å²) >= 11 is 0. The van der Waals surface area contributed by atoms with Crippen LogP contribution in [0.3, 0.4) is 0 Å². The second-order valence-electron chi connectivity index (χ2n) is 3.55. The summed E-state index contributed by atoms with van der Waals surface area (Å²) in [6.07, 6.45) is -2.54. The molecule has 0 fully saturated rings. The Kier molecular flexibility index (Phi) is 4.37. The average molecular weight is 228 g/mol. The van der Waals surface area contributed by atoms with Gasteiger partial charge < -0.3 is 11.1 Å². The molecule has 1 unspecified atom stereocenters. The van der Waals surface area contributed by atoms with Crippen molar-refractivity contribution in [3.63, 3.8) is 0 Å². The molecule has 1 aromatic rings. The molecular weight excluding hydrogens is 214 g/mol. The van der Waals surface area contributed by atoms with Gasteiger partial charge in [0.15, 0.2) is 0 Å². The van der Waals surface area contributed by atoms with E-state index in [1.165, 1.54) is 18.2 Å². The van der Waals surface area contributed by atoms with Crippen LogP contribution in [0.25, 0.3) is 0 Å². The Balaban J connectivity index is 2.74. The number of nitrogens with one attached hydrogen (secondary N) is 1. The highest BCUT2D eigenvalue weighted by atomic mass is 19.3. The van der Waals surface area contributed by atoms with Gasteiger partial charge in [0, 0.05) is 23.7 Å². The summed E-state index contributed by atoms with van der Waals surface area (Å²) in [5.41, 5.74) is 5.58. The SMILES string of the molecule is CC(CN)C(=O)Nc1cccc(C(F)F)c1. The van der Waals surface area contributed by atoms with E-state index >= 15 is 0 Å². The lowest BCUT2D eigenvalue weighted by atomic mass is 10.1.